The van der Waals surface area contributed by atoms with Gasteiger partial charge in [0, 0.05) is 44.8 Å². The minimum absolute atomic E-state index is 0.00456. The van der Waals surface area contributed by atoms with Crippen LogP contribution in [0.4, 0.5) is 5.69 Å². The molecule has 2 aromatic carbocycles. The van der Waals surface area contributed by atoms with Gasteiger partial charge >= 0.3 is 0 Å². The molecular formula is C39H53NO4. The summed E-state index contributed by atoms with van der Waals surface area (Å²) >= 11 is 0. The number of rotatable bonds is 9. The van der Waals surface area contributed by atoms with Gasteiger partial charge in [-0.1, -0.05) is 49.1 Å². The molecule has 2 aliphatic heterocycles. The maximum Gasteiger partial charge on any atom is 0.161 e. The Hall–Kier alpha value is -2.86. The molecule has 238 valence electrons. The molecule has 3 unspecified atom stereocenters. The number of aryl methyl sites for hydroxylation is 1. The molecule has 44 heavy (non-hydrogen) atoms. The zero-order valence-corrected chi connectivity index (χ0v) is 27.8. The van der Waals surface area contributed by atoms with E-state index in [9.17, 15) is 0 Å². The first kappa shape index (κ1) is 32.5. The van der Waals surface area contributed by atoms with Crippen LogP contribution < -0.4 is 9.64 Å². The number of allylic oxidation sites excluding steroid dienone is 5. The number of nitrogens with zero attached hydrogens (tertiary/aromatic N) is 1. The monoisotopic (exact) mass is 599 g/mol. The van der Waals surface area contributed by atoms with E-state index >= 15 is 0 Å². The van der Waals surface area contributed by atoms with Crippen molar-refractivity contribution < 1.29 is 18.9 Å². The van der Waals surface area contributed by atoms with Crippen molar-refractivity contribution in [3.05, 3.63) is 95.6 Å². The molecule has 3 aliphatic rings. The number of ether oxygens (including phenoxy) is 4. The lowest BCUT2D eigenvalue weighted by atomic mass is 9.69. The smallest absolute Gasteiger partial charge is 0.161 e. The van der Waals surface area contributed by atoms with Gasteiger partial charge in [0.15, 0.2) is 6.29 Å². The van der Waals surface area contributed by atoms with Crippen LogP contribution in [0.3, 0.4) is 0 Å². The lowest BCUT2D eigenvalue weighted by molar-refractivity contribution is -0.195. The predicted molar refractivity (Wildman–Crippen MR) is 181 cm³/mol. The second-order valence-corrected chi connectivity index (χ2v) is 13.8. The third-order valence-electron chi connectivity index (χ3n) is 9.90. The normalized spacial score (nSPS) is 24.1. The number of fused-ring (bicyclic) bond motifs is 1. The molecule has 2 heterocycles. The predicted octanol–water partition coefficient (Wildman–Crippen LogP) is 8.63. The Balaban J connectivity index is 1.33. The number of anilines is 1. The number of benzene rings is 2. The summed E-state index contributed by atoms with van der Waals surface area (Å²) in [6, 6.07) is 16.2. The number of piperidine rings is 1. The van der Waals surface area contributed by atoms with Gasteiger partial charge in [0.05, 0.1) is 12.2 Å². The summed E-state index contributed by atoms with van der Waals surface area (Å²) in [6.45, 7) is 15.1. The van der Waals surface area contributed by atoms with Gasteiger partial charge in [0.25, 0.3) is 0 Å². The van der Waals surface area contributed by atoms with Gasteiger partial charge in [0.2, 0.25) is 0 Å². The number of hydrogen-bond donors (Lipinski definition) is 0. The summed E-state index contributed by atoms with van der Waals surface area (Å²) in [7, 11) is 3.43. The Bertz CT molecular complexity index is 1300. The molecule has 0 radical (unpaired) electrons. The van der Waals surface area contributed by atoms with Crippen LogP contribution in [0.2, 0.25) is 0 Å². The van der Waals surface area contributed by atoms with Gasteiger partial charge in [-0.25, -0.2) is 0 Å². The van der Waals surface area contributed by atoms with Gasteiger partial charge < -0.3 is 23.8 Å². The first-order valence-electron chi connectivity index (χ1n) is 16.5. The molecule has 2 saturated heterocycles. The van der Waals surface area contributed by atoms with E-state index in [0.717, 1.165) is 57.4 Å². The number of methoxy groups -OCH3 is 2. The van der Waals surface area contributed by atoms with Gasteiger partial charge in [-0.15, -0.1) is 0 Å². The molecule has 0 saturated carbocycles. The molecule has 0 amide bonds. The van der Waals surface area contributed by atoms with E-state index in [-0.39, 0.29) is 23.4 Å². The summed E-state index contributed by atoms with van der Waals surface area (Å²) in [5.41, 5.74) is 6.64. The molecule has 0 bridgehead atoms. The van der Waals surface area contributed by atoms with Crippen molar-refractivity contribution in [2.24, 2.45) is 11.8 Å². The third kappa shape index (κ3) is 7.33. The molecule has 0 N–H and O–H groups in total. The largest absolute Gasteiger partial charge is 0.488 e. The fourth-order valence-corrected chi connectivity index (χ4v) is 7.64. The SMILES string of the molecule is C=C/C=C\C(=C/C)C1CCc2cc(OC(C)(C)C)ccc2C1c1ccc(N2CCC3(CCC(C(OC)OC)CO3)CC2)cc1. The van der Waals surface area contributed by atoms with Crippen LogP contribution >= 0.6 is 0 Å². The minimum atomic E-state index is -0.217. The molecule has 0 aromatic heterocycles. The van der Waals surface area contributed by atoms with E-state index in [1.165, 1.54) is 28.0 Å². The lowest BCUT2D eigenvalue weighted by Gasteiger charge is -2.47. The molecule has 1 aliphatic carbocycles. The Morgan fingerprint density at radius 2 is 1.75 bits per heavy atom. The summed E-state index contributed by atoms with van der Waals surface area (Å²) in [6.07, 6.45) is 14.7. The van der Waals surface area contributed by atoms with E-state index in [0.29, 0.717) is 18.4 Å². The van der Waals surface area contributed by atoms with Crippen LogP contribution in [0.1, 0.15) is 82.4 Å². The second kappa shape index (κ2) is 14.1. The van der Waals surface area contributed by atoms with Gasteiger partial charge in [-0.2, -0.15) is 0 Å². The Morgan fingerprint density at radius 3 is 2.34 bits per heavy atom. The topological polar surface area (TPSA) is 40.2 Å². The van der Waals surface area contributed by atoms with Crippen molar-refractivity contribution in [2.75, 3.05) is 38.8 Å². The molecule has 1 spiro atoms. The Labute approximate surface area is 265 Å². The standard InChI is InChI=1S/C39H53NO4/c1-8-10-11-28(9-2)34-18-14-30-26-33(44-38(3,4)5)17-19-35(30)36(34)29-12-15-32(16-13-29)40-24-22-39(23-25-40)21-20-31(27-43-39)37(41-6)42-7/h8-13,15-17,19,26,31,34,36-37H,1,14,18,20-25,27H2,2-7H3/b11-10-,28-9+. The summed E-state index contributed by atoms with van der Waals surface area (Å²) in [5.74, 6) is 1.96. The Morgan fingerprint density at radius 1 is 1.02 bits per heavy atom. The highest BCUT2D eigenvalue weighted by atomic mass is 16.7. The van der Waals surface area contributed by atoms with Crippen LogP contribution in [-0.4, -0.2) is 51.4 Å². The van der Waals surface area contributed by atoms with E-state index in [1.54, 1.807) is 14.2 Å². The third-order valence-corrected chi connectivity index (χ3v) is 9.90. The van der Waals surface area contributed by atoms with E-state index in [1.807, 2.05) is 6.08 Å². The van der Waals surface area contributed by atoms with Crippen LogP contribution in [0, 0.1) is 11.8 Å². The maximum absolute atomic E-state index is 6.51. The molecule has 2 aromatic rings. The first-order chi connectivity index (χ1) is 21.2. The van der Waals surface area contributed by atoms with Crippen LogP contribution in [-0.2, 0) is 20.6 Å². The van der Waals surface area contributed by atoms with Crippen LogP contribution in [0.25, 0.3) is 0 Å². The van der Waals surface area contributed by atoms with Crippen LogP contribution in [0.15, 0.2) is 78.9 Å². The second-order valence-electron chi connectivity index (χ2n) is 13.8. The first-order valence-corrected chi connectivity index (χ1v) is 16.5. The lowest BCUT2D eigenvalue weighted by Crippen LogP contribution is -2.50. The molecule has 2 fully saturated rings. The quantitative estimate of drug-likeness (QED) is 0.213. The maximum atomic E-state index is 6.51. The van der Waals surface area contributed by atoms with E-state index in [2.05, 4.69) is 99.9 Å². The van der Waals surface area contributed by atoms with Crippen molar-refractivity contribution in [3.63, 3.8) is 0 Å². The van der Waals surface area contributed by atoms with Gasteiger partial charge in [0.1, 0.15) is 11.4 Å². The molecule has 3 atom stereocenters. The van der Waals surface area contributed by atoms with Crippen molar-refractivity contribution in [1.29, 1.82) is 0 Å². The van der Waals surface area contributed by atoms with Crippen LogP contribution in [0.5, 0.6) is 5.75 Å². The fraction of sp³-hybridized carbons (Fsp3) is 0.538. The zero-order chi connectivity index (χ0) is 31.3. The van der Waals surface area contributed by atoms with Crippen molar-refractivity contribution >= 4 is 5.69 Å². The Kier molecular flexibility index (Phi) is 10.4. The highest BCUT2D eigenvalue weighted by Crippen LogP contribution is 2.46. The highest BCUT2D eigenvalue weighted by Gasteiger charge is 2.41. The highest BCUT2D eigenvalue weighted by molar-refractivity contribution is 5.53. The summed E-state index contributed by atoms with van der Waals surface area (Å²) in [5, 5.41) is 0. The van der Waals surface area contributed by atoms with Gasteiger partial charge in [-0.05, 0) is 119 Å². The zero-order valence-electron chi connectivity index (χ0n) is 27.8. The van der Waals surface area contributed by atoms with Crippen molar-refractivity contribution in [3.8, 4) is 5.75 Å². The summed E-state index contributed by atoms with van der Waals surface area (Å²) < 4.78 is 23.8. The van der Waals surface area contributed by atoms with E-state index < -0.39 is 0 Å². The average Bonchev–Trinajstić information content (AvgIpc) is 3.02. The molecular weight excluding hydrogens is 546 g/mol. The fourth-order valence-electron chi connectivity index (χ4n) is 7.64. The summed E-state index contributed by atoms with van der Waals surface area (Å²) in [4.78, 5) is 2.53. The van der Waals surface area contributed by atoms with Crippen molar-refractivity contribution in [1.82, 2.24) is 0 Å². The molecule has 5 heteroatoms. The average molecular weight is 600 g/mol. The molecule has 5 rings (SSSR count). The van der Waals surface area contributed by atoms with E-state index in [4.69, 9.17) is 18.9 Å². The minimum Gasteiger partial charge on any atom is -0.488 e. The van der Waals surface area contributed by atoms with Crippen molar-refractivity contribution in [2.45, 2.75) is 89.6 Å². The van der Waals surface area contributed by atoms with Gasteiger partial charge in [-0.3, -0.25) is 0 Å². The molecule has 5 nitrogen and oxygen atoms in total. The number of hydrogen-bond acceptors (Lipinski definition) is 5.